The van der Waals surface area contributed by atoms with E-state index in [2.05, 4.69) is 6.92 Å². The molecule has 0 bridgehead atoms. The molecule has 9 nitrogen and oxygen atoms in total. The molecule has 28 heavy (non-hydrogen) atoms. The summed E-state index contributed by atoms with van der Waals surface area (Å²) in [6, 6.07) is 0. The van der Waals surface area contributed by atoms with E-state index in [0.29, 0.717) is 6.42 Å². The monoisotopic (exact) mass is 409 g/mol. The fraction of sp³-hybridized carbons (Fsp3) is 0.895. The second kappa shape index (κ2) is 18.0. The second-order valence-corrected chi connectivity index (χ2v) is 6.86. The highest BCUT2D eigenvalue weighted by molar-refractivity contribution is 6.35. The van der Waals surface area contributed by atoms with Crippen molar-refractivity contribution < 1.29 is 39.9 Å². The summed E-state index contributed by atoms with van der Waals surface area (Å²) in [5, 5.41) is 46.5. The topological polar surface area (TPSA) is 180 Å². The molecule has 0 aliphatic carbocycles. The molecular weight excluding hydrogens is 370 g/mol. The van der Waals surface area contributed by atoms with Gasteiger partial charge in [0.25, 0.3) is 5.78 Å². The van der Waals surface area contributed by atoms with Crippen LogP contribution in [-0.2, 0) is 14.3 Å². The zero-order valence-electron chi connectivity index (χ0n) is 17.0. The third-order valence-electron chi connectivity index (χ3n) is 4.46. The lowest BCUT2D eigenvalue weighted by Crippen LogP contribution is -2.50. The molecule has 0 aromatic heterocycles. The van der Waals surface area contributed by atoms with E-state index in [1.807, 2.05) is 0 Å². The smallest absolute Gasteiger partial charge is 0.377 e. The van der Waals surface area contributed by atoms with Crippen molar-refractivity contribution in [2.45, 2.75) is 95.5 Å². The van der Waals surface area contributed by atoms with E-state index in [9.17, 15) is 30.0 Å². The first-order chi connectivity index (χ1) is 12.9. The number of rotatable bonds is 17. The number of hydrogen-bond donors (Lipinski definition) is 6. The predicted octanol–water partition coefficient (Wildman–Crippen LogP) is 0.617. The van der Waals surface area contributed by atoms with Crippen LogP contribution in [0.25, 0.3) is 0 Å². The average Bonchev–Trinajstić information content (AvgIpc) is 2.68. The third-order valence-corrected chi connectivity index (χ3v) is 4.46. The Bertz CT molecular complexity index is 407. The number of aliphatic hydroxyl groups excluding tert-OH is 5. The van der Waals surface area contributed by atoms with Gasteiger partial charge in [-0.3, -0.25) is 4.79 Å². The number of ketones is 1. The van der Waals surface area contributed by atoms with Gasteiger partial charge in [0, 0.05) is 0 Å². The number of Topliss-reactive ketones (excluding diaryl/α,β-unsaturated/α-hetero) is 1. The highest BCUT2D eigenvalue weighted by atomic mass is 16.5. The summed E-state index contributed by atoms with van der Waals surface area (Å²) in [6.45, 7) is 1.35. The van der Waals surface area contributed by atoms with Crippen LogP contribution in [0, 0.1) is 0 Å². The van der Waals surface area contributed by atoms with Crippen LogP contribution >= 0.6 is 0 Å². The molecule has 0 saturated carbocycles. The van der Waals surface area contributed by atoms with Crippen LogP contribution in [0.5, 0.6) is 0 Å². The summed E-state index contributed by atoms with van der Waals surface area (Å²) in [7, 11) is 0. The third kappa shape index (κ3) is 12.4. The van der Waals surface area contributed by atoms with Crippen LogP contribution in [0.3, 0.4) is 0 Å². The van der Waals surface area contributed by atoms with Crippen LogP contribution in [0.4, 0.5) is 0 Å². The van der Waals surface area contributed by atoms with E-state index >= 15 is 0 Å². The molecule has 0 amide bonds. The Hall–Kier alpha value is -1.10. The Kier molecular flexibility index (Phi) is 18.7. The van der Waals surface area contributed by atoms with Gasteiger partial charge in [-0.2, -0.15) is 0 Å². The van der Waals surface area contributed by atoms with Crippen molar-refractivity contribution >= 4 is 11.8 Å². The van der Waals surface area contributed by atoms with E-state index in [-0.39, 0.29) is 12.8 Å². The molecule has 168 valence electrons. The number of carbonyl (C=O) groups excluding carboxylic acids is 2. The van der Waals surface area contributed by atoms with Gasteiger partial charge in [0.15, 0.2) is 6.10 Å². The summed E-state index contributed by atoms with van der Waals surface area (Å²) >= 11 is 0. The molecule has 0 aliphatic heterocycles. The molecule has 0 aliphatic rings. The van der Waals surface area contributed by atoms with E-state index in [1.165, 1.54) is 38.5 Å². The summed E-state index contributed by atoms with van der Waals surface area (Å²) in [6.07, 6.45) is 3.06. The average molecular weight is 410 g/mol. The lowest BCUT2D eigenvalue weighted by Gasteiger charge is -2.24. The van der Waals surface area contributed by atoms with E-state index in [1.54, 1.807) is 0 Å². The molecule has 4 atom stereocenters. The van der Waals surface area contributed by atoms with Crippen molar-refractivity contribution in [2.24, 2.45) is 0 Å². The van der Waals surface area contributed by atoms with E-state index in [4.69, 9.17) is 9.84 Å². The summed E-state index contributed by atoms with van der Waals surface area (Å²) < 4.78 is 4.76. The number of hydrogen-bond acceptors (Lipinski definition) is 9. The van der Waals surface area contributed by atoms with Crippen molar-refractivity contribution in [3.8, 4) is 0 Å². The Balaban J connectivity index is 0. The maximum absolute atomic E-state index is 11.7. The van der Waals surface area contributed by atoms with Crippen molar-refractivity contribution in [3.05, 3.63) is 0 Å². The Morgan fingerprint density at radius 2 is 1.25 bits per heavy atom. The minimum absolute atomic E-state index is 0. The largest absolute Gasteiger partial charge is 0.460 e. The molecule has 0 aromatic carbocycles. The first kappa shape index (κ1) is 29.1. The maximum Gasteiger partial charge on any atom is 0.377 e. The lowest BCUT2D eigenvalue weighted by atomic mass is 10.0. The van der Waals surface area contributed by atoms with Crippen LogP contribution in [0.1, 0.15) is 71.1 Å². The highest BCUT2D eigenvalue weighted by Gasteiger charge is 2.37. The molecule has 9 heteroatoms. The number of carbonyl (C=O) groups is 2. The van der Waals surface area contributed by atoms with Crippen LogP contribution in [0.15, 0.2) is 0 Å². The minimum atomic E-state index is -2.23. The lowest BCUT2D eigenvalue weighted by molar-refractivity contribution is -0.165. The van der Waals surface area contributed by atoms with Gasteiger partial charge < -0.3 is 36.4 Å². The van der Waals surface area contributed by atoms with Gasteiger partial charge in [0.1, 0.15) is 18.3 Å². The van der Waals surface area contributed by atoms with Gasteiger partial charge in [-0.1, -0.05) is 64.7 Å². The quantitative estimate of drug-likeness (QED) is 0.114. The van der Waals surface area contributed by atoms with Crippen molar-refractivity contribution in [1.82, 2.24) is 6.15 Å². The first-order valence-corrected chi connectivity index (χ1v) is 9.90. The fourth-order valence-corrected chi connectivity index (χ4v) is 2.62. The molecule has 0 fully saturated rings. The van der Waals surface area contributed by atoms with Gasteiger partial charge in [0.2, 0.25) is 0 Å². The molecule has 8 N–H and O–H groups in total. The minimum Gasteiger partial charge on any atom is -0.460 e. The van der Waals surface area contributed by atoms with Gasteiger partial charge in [-0.15, -0.1) is 0 Å². The summed E-state index contributed by atoms with van der Waals surface area (Å²) in [5.74, 6) is -2.71. The van der Waals surface area contributed by atoms with Crippen molar-refractivity contribution in [1.29, 1.82) is 0 Å². The molecule has 0 aromatic rings. The number of esters is 1. The Labute approximate surface area is 167 Å². The Morgan fingerprint density at radius 3 is 1.71 bits per heavy atom. The second-order valence-electron chi connectivity index (χ2n) is 6.86. The summed E-state index contributed by atoms with van der Waals surface area (Å²) in [4.78, 5) is 23.2. The molecule has 0 heterocycles. The SMILES string of the molecule is CCCCCCCCCCCCOC(=O)C(=O)[C@H](O)[C@@H](O)[C@H](O)[C@H](O)CO.N. The number of aliphatic hydroxyl groups is 5. The molecule has 0 spiro atoms. The van der Waals surface area contributed by atoms with E-state index in [0.717, 1.165) is 19.3 Å². The van der Waals surface area contributed by atoms with Gasteiger partial charge >= 0.3 is 5.97 Å². The Morgan fingerprint density at radius 1 is 0.786 bits per heavy atom. The molecule has 0 rings (SSSR count). The standard InChI is InChI=1S/C19H36O8.H3N/c1-2-3-4-5-6-7-8-9-10-11-12-27-19(26)18(25)17(24)16(23)15(22)14(21)13-20;/h14-17,20-24H,2-13H2,1H3;1H3/t14-,15-,16+,17-;/m1./s1. The molecular formula is C19H39NO8. The predicted molar refractivity (Wildman–Crippen MR) is 104 cm³/mol. The summed E-state index contributed by atoms with van der Waals surface area (Å²) in [5.41, 5.74) is 0. The van der Waals surface area contributed by atoms with Crippen molar-refractivity contribution in [2.75, 3.05) is 13.2 Å². The molecule has 0 unspecified atom stereocenters. The van der Waals surface area contributed by atoms with E-state index < -0.39 is 42.8 Å². The highest BCUT2D eigenvalue weighted by Crippen LogP contribution is 2.11. The van der Waals surface area contributed by atoms with Crippen LogP contribution < -0.4 is 6.15 Å². The zero-order valence-corrected chi connectivity index (χ0v) is 17.0. The van der Waals surface area contributed by atoms with Crippen LogP contribution in [0.2, 0.25) is 0 Å². The first-order valence-electron chi connectivity index (χ1n) is 9.90. The molecule has 0 radical (unpaired) electrons. The normalized spacial score (nSPS) is 15.2. The number of ether oxygens (including phenoxy) is 1. The van der Waals surface area contributed by atoms with Gasteiger partial charge in [0.05, 0.1) is 13.2 Å². The maximum atomic E-state index is 11.7. The molecule has 0 saturated heterocycles. The van der Waals surface area contributed by atoms with Gasteiger partial charge in [-0.05, 0) is 6.42 Å². The zero-order chi connectivity index (χ0) is 20.7. The van der Waals surface area contributed by atoms with Gasteiger partial charge in [-0.25, -0.2) is 4.79 Å². The number of unbranched alkanes of at least 4 members (excludes halogenated alkanes) is 9. The van der Waals surface area contributed by atoms with Crippen LogP contribution in [-0.4, -0.2) is 74.9 Å². The fourth-order valence-electron chi connectivity index (χ4n) is 2.62. The van der Waals surface area contributed by atoms with Crippen molar-refractivity contribution in [3.63, 3.8) is 0 Å².